The van der Waals surface area contributed by atoms with Gasteiger partial charge in [0.1, 0.15) is 0 Å². The third-order valence-corrected chi connectivity index (χ3v) is 4.58. The van der Waals surface area contributed by atoms with Gasteiger partial charge in [-0.3, -0.25) is 4.79 Å². The zero-order valence-corrected chi connectivity index (χ0v) is 12.6. The number of halogens is 1. The highest BCUT2D eigenvalue weighted by Crippen LogP contribution is 2.26. The van der Waals surface area contributed by atoms with E-state index < -0.39 is 0 Å². The van der Waals surface area contributed by atoms with Crippen molar-refractivity contribution in [3.8, 4) is 0 Å². The Morgan fingerprint density at radius 1 is 1.41 bits per heavy atom. The van der Waals surface area contributed by atoms with Gasteiger partial charge in [-0.2, -0.15) is 0 Å². The van der Waals surface area contributed by atoms with Crippen molar-refractivity contribution in [2.75, 3.05) is 39.8 Å². The van der Waals surface area contributed by atoms with E-state index in [1.54, 1.807) is 0 Å². The molecular weight excluding hydrogens is 327 g/mol. The number of hydrogen-bond donors (Lipinski definition) is 0. The first-order valence-electron chi connectivity index (χ1n) is 6.45. The summed E-state index contributed by atoms with van der Waals surface area (Å²) in [4.78, 5) is 16.2. The molecule has 1 saturated heterocycles. The zero-order valence-electron chi connectivity index (χ0n) is 10.5. The monoisotopic (exact) mass is 348 g/mol. The predicted octanol–water partition coefficient (Wildman–Crippen LogP) is 1.92. The maximum absolute atomic E-state index is 11.2. The molecule has 0 N–H and O–H groups in total. The number of likely N-dealkylation sites (N-methyl/N-ethyl adjacent to an activating group) is 1. The molecule has 1 atom stereocenters. The molecular formula is C13H21IN2O. The number of nitrogens with zero attached hydrogens (tertiary/aromatic N) is 2. The fourth-order valence-electron chi connectivity index (χ4n) is 2.63. The number of carbonyl (C=O) groups is 1. The molecule has 1 heterocycles. The molecule has 1 aliphatic heterocycles. The van der Waals surface area contributed by atoms with Crippen LogP contribution in [0.1, 0.15) is 19.3 Å². The van der Waals surface area contributed by atoms with Crippen LogP contribution in [0.15, 0.2) is 11.6 Å². The van der Waals surface area contributed by atoms with Crippen LogP contribution in [0.3, 0.4) is 0 Å². The third-order valence-electron chi connectivity index (χ3n) is 3.88. The lowest BCUT2D eigenvalue weighted by molar-refractivity contribution is -0.106. The van der Waals surface area contributed by atoms with Crippen LogP contribution < -0.4 is 0 Å². The summed E-state index contributed by atoms with van der Waals surface area (Å²) in [6.45, 7) is 6.01. The average molecular weight is 348 g/mol. The van der Waals surface area contributed by atoms with Gasteiger partial charge in [-0.1, -0.05) is 6.08 Å². The number of allylic oxidation sites excluding steroid dienone is 2. The van der Waals surface area contributed by atoms with Crippen LogP contribution in [0.5, 0.6) is 0 Å². The number of carbonyl (C=O) groups excluding carboxylic acids is 1. The minimum absolute atomic E-state index is 0.237. The second-order valence-corrected chi connectivity index (χ2v) is 6.23. The Morgan fingerprint density at radius 3 is 2.65 bits per heavy atom. The first-order chi connectivity index (χ1) is 8.15. The number of piperazine rings is 1. The lowest BCUT2D eigenvalue weighted by Gasteiger charge is -2.35. The van der Waals surface area contributed by atoms with Gasteiger partial charge in [-0.05, 0) is 32.2 Å². The van der Waals surface area contributed by atoms with Crippen LogP contribution in [0.25, 0.3) is 0 Å². The van der Waals surface area contributed by atoms with E-state index in [0.29, 0.717) is 0 Å². The Bertz CT molecular complexity index is 309. The molecule has 1 unspecified atom stereocenters. The molecule has 0 amide bonds. The number of hydrogen-bond acceptors (Lipinski definition) is 3. The Morgan fingerprint density at radius 2 is 2.12 bits per heavy atom. The highest BCUT2D eigenvalue weighted by Gasteiger charge is 2.21. The molecule has 96 valence electrons. The van der Waals surface area contributed by atoms with Crippen molar-refractivity contribution < 1.29 is 4.79 Å². The van der Waals surface area contributed by atoms with Crippen molar-refractivity contribution in [1.29, 1.82) is 0 Å². The van der Waals surface area contributed by atoms with Crippen molar-refractivity contribution in [3.63, 3.8) is 0 Å². The van der Waals surface area contributed by atoms with Crippen LogP contribution in [0, 0.1) is 5.92 Å². The first kappa shape index (κ1) is 13.5. The molecule has 0 aromatic heterocycles. The van der Waals surface area contributed by atoms with E-state index in [4.69, 9.17) is 0 Å². The Hall–Kier alpha value is 0.0600. The summed E-state index contributed by atoms with van der Waals surface area (Å²) in [5.41, 5.74) is 1.04. The first-order valence-corrected chi connectivity index (χ1v) is 7.53. The van der Waals surface area contributed by atoms with E-state index in [2.05, 4.69) is 22.9 Å². The summed E-state index contributed by atoms with van der Waals surface area (Å²) < 4.78 is 0.237. The molecule has 2 aliphatic rings. The Balaban J connectivity index is 1.76. The van der Waals surface area contributed by atoms with Gasteiger partial charge in [0, 0.05) is 60.9 Å². The highest BCUT2D eigenvalue weighted by molar-refractivity contribution is 14.1. The van der Waals surface area contributed by atoms with Crippen molar-refractivity contribution in [3.05, 3.63) is 11.6 Å². The SMILES string of the molecule is CN1CCN(CC2CC=C(C(=O)I)CC2)CC1. The molecule has 4 heteroatoms. The molecule has 2 rings (SSSR count). The summed E-state index contributed by atoms with van der Waals surface area (Å²) >= 11 is 1.90. The average Bonchev–Trinajstić information content (AvgIpc) is 2.33. The summed E-state index contributed by atoms with van der Waals surface area (Å²) in [6, 6.07) is 0. The van der Waals surface area contributed by atoms with Gasteiger partial charge < -0.3 is 9.80 Å². The van der Waals surface area contributed by atoms with Gasteiger partial charge in [0.05, 0.1) is 0 Å². The van der Waals surface area contributed by atoms with Crippen LogP contribution >= 0.6 is 22.6 Å². The molecule has 0 aromatic rings. The fourth-order valence-corrected chi connectivity index (χ4v) is 3.12. The second-order valence-electron chi connectivity index (χ2n) is 5.25. The molecule has 17 heavy (non-hydrogen) atoms. The fraction of sp³-hybridized carbons (Fsp3) is 0.769. The Kier molecular flexibility index (Phi) is 4.99. The van der Waals surface area contributed by atoms with E-state index in [-0.39, 0.29) is 3.79 Å². The van der Waals surface area contributed by atoms with Gasteiger partial charge in [0.25, 0.3) is 0 Å². The maximum atomic E-state index is 11.2. The molecule has 0 bridgehead atoms. The van der Waals surface area contributed by atoms with E-state index in [1.165, 1.54) is 39.1 Å². The largest absolute Gasteiger partial charge is 0.304 e. The van der Waals surface area contributed by atoms with Crippen LogP contribution in [-0.2, 0) is 4.79 Å². The van der Waals surface area contributed by atoms with Gasteiger partial charge in [0.15, 0.2) is 0 Å². The van der Waals surface area contributed by atoms with Crippen molar-refractivity contribution in [1.82, 2.24) is 9.80 Å². The number of rotatable bonds is 3. The summed E-state index contributed by atoms with van der Waals surface area (Å²) in [5.74, 6) is 0.762. The van der Waals surface area contributed by atoms with Crippen molar-refractivity contribution in [2.45, 2.75) is 19.3 Å². The maximum Gasteiger partial charge on any atom is 0.218 e. The van der Waals surface area contributed by atoms with Gasteiger partial charge in [-0.15, -0.1) is 0 Å². The van der Waals surface area contributed by atoms with Gasteiger partial charge in [-0.25, -0.2) is 0 Å². The normalized spacial score (nSPS) is 27.9. The van der Waals surface area contributed by atoms with E-state index in [0.717, 1.165) is 24.3 Å². The minimum Gasteiger partial charge on any atom is -0.304 e. The van der Waals surface area contributed by atoms with Gasteiger partial charge in [0.2, 0.25) is 3.79 Å². The molecule has 3 nitrogen and oxygen atoms in total. The zero-order chi connectivity index (χ0) is 12.3. The standard InChI is InChI=1S/C13H21IN2O/c1-15-6-8-16(9-7-15)10-11-2-4-12(5-3-11)13(14)17/h4,11H,2-3,5-10H2,1H3. The lowest BCUT2D eigenvalue weighted by Crippen LogP contribution is -2.46. The highest BCUT2D eigenvalue weighted by atomic mass is 127. The second kappa shape index (κ2) is 6.29. The Labute approximate surface area is 117 Å². The summed E-state index contributed by atoms with van der Waals surface area (Å²) in [5, 5.41) is 0. The molecule has 0 saturated carbocycles. The predicted molar refractivity (Wildman–Crippen MR) is 78.4 cm³/mol. The molecule has 0 spiro atoms. The van der Waals surface area contributed by atoms with E-state index in [9.17, 15) is 4.79 Å². The van der Waals surface area contributed by atoms with Crippen molar-refractivity contribution >= 4 is 26.4 Å². The summed E-state index contributed by atoms with van der Waals surface area (Å²) in [7, 11) is 2.19. The van der Waals surface area contributed by atoms with Crippen LogP contribution in [0.4, 0.5) is 0 Å². The smallest absolute Gasteiger partial charge is 0.218 e. The van der Waals surface area contributed by atoms with Crippen LogP contribution in [0.2, 0.25) is 0 Å². The lowest BCUT2D eigenvalue weighted by atomic mass is 9.89. The quantitative estimate of drug-likeness (QED) is 0.575. The van der Waals surface area contributed by atoms with E-state index >= 15 is 0 Å². The van der Waals surface area contributed by atoms with Crippen molar-refractivity contribution in [2.24, 2.45) is 5.92 Å². The summed E-state index contributed by atoms with van der Waals surface area (Å²) in [6.07, 6.45) is 5.43. The molecule has 0 aromatic carbocycles. The molecule has 1 aliphatic carbocycles. The minimum atomic E-state index is 0.237. The topological polar surface area (TPSA) is 23.6 Å². The van der Waals surface area contributed by atoms with Gasteiger partial charge >= 0.3 is 0 Å². The third kappa shape index (κ3) is 4.03. The molecule has 1 fully saturated rings. The van der Waals surface area contributed by atoms with E-state index in [1.807, 2.05) is 22.6 Å². The molecule has 0 radical (unpaired) electrons. The van der Waals surface area contributed by atoms with Crippen LogP contribution in [-0.4, -0.2) is 53.4 Å².